The van der Waals surface area contributed by atoms with Gasteiger partial charge in [-0.25, -0.2) is 4.79 Å². The highest BCUT2D eigenvalue weighted by Crippen LogP contribution is 2.36. The average Bonchev–Trinajstić information content (AvgIpc) is 2.73. The maximum atomic E-state index is 12.2. The van der Waals surface area contributed by atoms with E-state index in [1.165, 1.54) is 6.07 Å². The van der Waals surface area contributed by atoms with Crippen molar-refractivity contribution in [2.75, 3.05) is 19.8 Å². The molecule has 160 valence electrons. The predicted octanol–water partition coefficient (Wildman–Crippen LogP) is 3.68. The number of carbonyl (C=O) groups excluding carboxylic acids is 2. The molecule has 30 heavy (non-hydrogen) atoms. The largest absolute Gasteiger partial charge is 0.489 e. The van der Waals surface area contributed by atoms with Gasteiger partial charge in [-0.05, 0) is 19.4 Å². The summed E-state index contributed by atoms with van der Waals surface area (Å²) in [6.07, 6.45) is -0.0301. The lowest BCUT2D eigenvalue weighted by molar-refractivity contribution is -0.385. The first-order valence-corrected chi connectivity index (χ1v) is 9.40. The third-order valence-corrected chi connectivity index (χ3v) is 3.86. The fraction of sp³-hybridized carbons (Fsp3) is 0.333. The molecule has 0 aliphatic carbocycles. The van der Waals surface area contributed by atoms with Gasteiger partial charge in [-0.15, -0.1) is 0 Å². The van der Waals surface area contributed by atoms with Crippen LogP contribution in [-0.2, 0) is 20.9 Å². The highest BCUT2D eigenvalue weighted by atomic mass is 16.6. The molecular weight excluding hydrogens is 394 g/mol. The molecule has 0 aliphatic heterocycles. The van der Waals surface area contributed by atoms with Crippen LogP contribution >= 0.6 is 0 Å². The Hall–Kier alpha value is -3.62. The first kappa shape index (κ1) is 22.7. The average molecular weight is 417 g/mol. The van der Waals surface area contributed by atoms with Crippen LogP contribution in [-0.4, -0.2) is 36.7 Å². The van der Waals surface area contributed by atoms with Crippen molar-refractivity contribution in [3.8, 4) is 11.5 Å². The van der Waals surface area contributed by atoms with Gasteiger partial charge in [0.1, 0.15) is 12.2 Å². The molecule has 0 amide bonds. The molecule has 2 aromatic carbocycles. The number of ether oxygens (including phenoxy) is 4. The fourth-order valence-corrected chi connectivity index (χ4v) is 2.51. The minimum atomic E-state index is -0.853. The Bertz CT molecular complexity index is 882. The molecule has 0 spiro atoms. The fourth-order valence-electron chi connectivity index (χ4n) is 2.51. The third kappa shape index (κ3) is 6.47. The normalized spacial score (nSPS) is 10.2. The van der Waals surface area contributed by atoms with Crippen LogP contribution in [0.2, 0.25) is 0 Å². The summed E-state index contributed by atoms with van der Waals surface area (Å²) >= 11 is 0. The monoisotopic (exact) mass is 417 g/mol. The molecule has 2 aromatic rings. The minimum Gasteiger partial charge on any atom is -0.489 e. The summed E-state index contributed by atoms with van der Waals surface area (Å²) in [5, 5.41) is 11.5. The SMILES string of the molecule is CCOC(=O)CCOc1cc(C(=O)OCC)c([N+](=O)[O-])cc1OCc1ccccc1. The third-order valence-electron chi connectivity index (χ3n) is 3.86. The lowest BCUT2D eigenvalue weighted by Gasteiger charge is -2.14. The van der Waals surface area contributed by atoms with E-state index in [1.54, 1.807) is 13.8 Å². The van der Waals surface area contributed by atoms with E-state index in [2.05, 4.69) is 0 Å². The van der Waals surface area contributed by atoms with Gasteiger partial charge < -0.3 is 18.9 Å². The van der Waals surface area contributed by atoms with Gasteiger partial charge in [0.2, 0.25) is 0 Å². The first-order valence-electron chi connectivity index (χ1n) is 9.40. The van der Waals surface area contributed by atoms with Gasteiger partial charge in [-0.3, -0.25) is 14.9 Å². The van der Waals surface area contributed by atoms with Crippen molar-refractivity contribution in [3.05, 3.63) is 63.7 Å². The summed E-state index contributed by atoms with van der Waals surface area (Å²) in [6.45, 7) is 3.66. The number of nitro groups is 1. The smallest absolute Gasteiger partial charge is 0.345 e. The number of carbonyl (C=O) groups is 2. The molecule has 9 heteroatoms. The summed E-state index contributed by atoms with van der Waals surface area (Å²) in [4.78, 5) is 34.5. The summed E-state index contributed by atoms with van der Waals surface area (Å²) in [5.74, 6) is -1.14. The van der Waals surface area contributed by atoms with Crippen molar-refractivity contribution < 1.29 is 33.5 Å². The Morgan fingerprint density at radius 3 is 2.27 bits per heavy atom. The van der Waals surface area contributed by atoms with Crippen LogP contribution in [0.15, 0.2) is 42.5 Å². The summed E-state index contributed by atoms with van der Waals surface area (Å²) in [6, 6.07) is 11.5. The second-order valence-electron chi connectivity index (χ2n) is 5.97. The lowest BCUT2D eigenvalue weighted by Crippen LogP contribution is -2.12. The summed E-state index contributed by atoms with van der Waals surface area (Å²) in [5.41, 5.74) is 0.112. The lowest BCUT2D eigenvalue weighted by atomic mass is 10.1. The molecule has 0 unspecified atom stereocenters. The van der Waals surface area contributed by atoms with Crippen LogP contribution in [0.5, 0.6) is 11.5 Å². The molecule has 0 fully saturated rings. The van der Waals surface area contributed by atoms with E-state index in [1.807, 2.05) is 30.3 Å². The molecule has 0 aromatic heterocycles. The highest BCUT2D eigenvalue weighted by Gasteiger charge is 2.26. The molecule has 0 radical (unpaired) electrons. The Labute approximate surface area is 173 Å². The van der Waals surface area contributed by atoms with E-state index in [4.69, 9.17) is 18.9 Å². The zero-order valence-electron chi connectivity index (χ0n) is 16.8. The minimum absolute atomic E-state index is 0.0301. The van der Waals surface area contributed by atoms with Crippen LogP contribution in [0.3, 0.4) is 0 Å². The maximum absolute atomic E-state index is 12.2. The van der Waals surface area contributed by atoms with Crippen LogP contribution in [0, 0.1) is 10.1 Å². The van der Waals surface area contributed by atoms with Crippen molar-refractivity contribution in [2.24, 2.45) is 0 Å². The van der Waals surface area contributed by atoms with Gasteiger partial charge in [0.15, 0.2) is 11.5 Å². The van der Waals surface area contributed by atoms with E-state index in [9.17, 15) is 19.7 Å². The van der Waals surface area contributed by atoms with Crippen LogP contribution in [0.4, 0.5) is 5.69 Å². The molecule has 0 saturated heterocycles. The van der Waals surface area contributed by atoms with E-state index in [-0.39, 0.29) is 49.9 Å². The van der Waals surface area contributed by atoms with Gasteiger partial charge in [0, 0.05) is 6.07 Å². The van der Waals surface area contributed by atoms with Crippen molar-refractivity contribution in [3.63, 3.8) is 0 Å². The quantitative estimate of drug-likeness (QED) is 0.309. The van der Waals surface area contributed by atoms with E-state index in [0.717, 1.165) is 11.6 Å². The van der Waals surface area contributed by atoms with Crippen molar-refractivity contribution in [2.45, 2.75) is 26.9 Å². The number of nitro benzene ring substituents is 1. The number of rotatable bonds is 11. The van der Waals surface area contributed by atoms with Crippen LogP contribution in [0.25, 0.3) is 0 Å². The van der Waals surface area contributed by atoms with Gasteiger partial charge >= 0.3 is 11.9 Å². The second-order valence-corrected chi connectivity index (χ2v) is 5.97. The Morgan fingerprint density at radius 2 is 1.63 bits per heavy atom. The molecule has 2 rings (SSSR count). The Balaban J connectivity index is 2.32. The molecule has 0 saturated carbocycles. The van der Waals surface area contributed by atoms with Crippen molar-refractivity contribution >= 4 is 17.6 Å². The maximum Gasteiger partial charge on any atom is 0.345 e. The van der Waals surface area contributed by atoms with Gasteiger partial charge in [0.25, 0.3) is 5.69 Å². The number of hydrogen-bond donors (Lipinski definition) is 0. The molecule has 0 bridgehead atoms. The number of esters is 2. The summed E-state index contributed by atoms with van der Waals surface area (Å²) in [7, 11) is 0. The van der Waals surface area contributed by atoms with E-state index >= 15 is 0 Å². The van der Waals surface area contributed by atoms with E-state index in [0.29, 0.717) is 0 Å². The van der Waals surface area contributed by atoms with Crippen molar-refractivity contribution in [1.82, 2.24) is 0 Å². The van der Waals surface area contributed by atoms with E-state index < -0.39 is 22.5 Å². The Kier molecular flexibility index (Phi) is 8.61. The van der Waals surface area contributed by atoms with Crippen LogP contribution in [0.1, 0.15) is 36.2 Å². The topological polar surface area (TPSA) is 114 Å². The molecule has 0 atom stereocenters. The second kappa shape index (κ2) is 11.4. The van der Waals surface area contributed by atoms with Gasteiger partial charge in [-0.2, -0.15) is 0 Å². The van der Waals surface area contributed by atoms with Crippen molar-refractivity contribution in [1.29, 1.82) is 0 Å². The molecule has 0 heterocycles. The van der Waals surface area contributed by atoms with Gasteiger partial charge in [0.05, 0.1) is 37.2 Å². The Morgan fingerprint density at radius 1 is 0.967 bits per heavy atom. The number of nitrogens with zero attached hydrogens (tertiary/aromatic N) is 1. The molecule has 0 N–H and O–H groups in total. The molecular formula is C21H23NO8. The number of hydrogen-bond acceptors (Lipinski definition) is 8. The zero-order chi connectivity index (χ0) is 21.9. The standard InChI is InChI=1S/C21H23NO8/c1-3-27-20(23)10-11-29-18-12-16(21(24)28-4-2)17(22(25)26)13-19(18)30-14-15-8-6-5-7-9-15/h5-9,12-13H,3-4,10-11,14H2,1-2H3. The molecule has 0 aliphatic rings. The molecule has 9 nitrogen and oxygen atoms in total. The van der Waals surface area contributed by atoms with Gasteiger partial charge in [-0.1, -0.05) is 30.3 Å². The zero-order valence-corrected chi connectivity index (χ0v) is 16.8. The van der Waals surface area contributed by atoms with Crippen LogP contribution < -0.4 is 9.47 Å². The highest BCUT2D eigenvalue weighted by molar-refractivity contribution is 5.95. The first-order chi connectivity index (χ1) is 14.5. The predicted molar refractivity (Wildman–Crippen MR) is 107 cm³/mol. The number of benzene rings is 2. The summed E-state index contributed by atoms with van der Waals surface area (Å²) < 4.78 is 21.1.